The number of fused-ring (bicyclic) bond motifs is 3. The predicted octanol–water partition coefficient (Wildman–Crippen LogP) is 2.95. The Kier molecular flexibility index (Phi) is 2.67. The van der Waals surface area contributed by atoms with Crippen LogP contribution in [0.2, 0.25) is 0 Å². The normalized spacial score (nSPS) is 17.2. The number of likely N-dealkylation sites (tertiary alicyclic amines) is 1. The van der Waals surface area contributed by atoms with Crippen molar-refractivity contribution in [3.05, 3.63) is 59.7 Å². The van der Waals surface area contributed by atoms with E-state index < -0.39 is 0 Å². The number of nitrogens with zero attached hydrogens (tertiary/aromatic N) is 1. The molecule has 1 saturated heterocycles. The van der Waals surface area contributed by atoms with E-state index in [0.29, 0.717) is 19.4 Å². The number of carbonyl (C=O) groups excluding carboxylic acids is 2. The third kappa shape index (κ3) is 1.81. The topological polar surface area (TPSA) is 37.4 Å². The molecule has 2 aromatic rings. The predicted molar refractivity (Wildman–Crippen MR) is 79.7 cm³/mol. The van der Waals surface area contributed by atoms with Gasteiger partial charge in [-0.15, -0.1) is 0 Å². The number of hydrogen-bond acceptors (Lipinski definition) is 2. The molecule has 21 heavy (non-hydrogen) atoms. The molecule has 2 aliphatic rings. The van der Waals surface area contributed by atoms with Crippen LogP contribution < -0.4 is 0 Å². The molecular weight excluding hydrogens is 262 g/mol. The van der Waals surface area contributed by atoms with Crippen molar-refractivity contribution in [2.24, 2.45) is 0 Å². The van der Waals surface area contributed by atoms with E-state index in [1.54, 1.807) is 0 Å². The van der Waals surface area contributed by atoms with Crippen LogP contribution in [0, 0.1) is 0 Å². The average molecular weight is 277 g/mol. The fraction of sp³-hybridized carbons (Fsp3) is 0.222. The molecule has 3 nitrogen and oxygen atoms in total. The number of benzene rings is 2. The Hall–Kier alpha value is -2.42. The zero-order chi connectivity index (χ0) is 14.4. The van der Waals surface area contributed by atoms with Gasteiger partial charge in [-0.2, -0.15) is 0 Å². The van der Waals surface area contributed by atoms with E-state index in [4.69, 9.17) is 0 Å². The van der Waals surface area contributed by atoms with E-state index in [0.717, 1.165) is 0 Å². The number of imide groups is 1. The summed E-state index contributed by atoms with van der Waals surface area (Å²) < 4.78 is 0. The lowest BCUT2D eigenvalue weighted by molar-refractivity contribution is -0.138. The van der Waals surface area contributed by atoms with Crippen LogP contribution in [-0.4, -0.2) is 23.3 Å². The van der Waals surface area contributed by atoms with Crippen LogP contribution >= 0.6 is 0 Å². The van der Waals surface area contributed by atoms with Gasteiger partial charge in [0.15, 0.2) is 0 Å². The molecule has 0 aromatic heterocycles. The van der Waals surface area contributed by atoms with Crippen molar-refractivity contribution in [2.45, 2.75) is 18.8 Å². The lowest BCUT2D eigenvalue weighted by atomic mass is 9.96. The fourth-order valence-electron chi connectivity index (χ4n) is 3.47. The smallest absolute Gasteiger partial charge is 0.229 e. The Bertz CT molecular complexity index is 689. The summed E-state index contributed by atoms with van der Waals surface area (Å²) >= 11 is 0. The van der Waals surface area contributed by atoms with Crippen LogP contribution in [0.4, 0.5) is 0 Å². The minimum absolute atomic E-state index is 0.0399. The van der Waals surface area contributed by atoms with Gasteiger partial charge in [0.1, 0.15) is 0 Å². The van der Waals surface area contributed by atoms with Crippen LogP contribution in [0.5, 0.6) is 0 Å². The number of amides is 2. The molecule has 0 bridgehead atoms. The molecule has 4 rings (SSSR count). The van der Waals surface area contributed by atoms with Crippen LogP contribution in [-0.2, 0) is 9.59 Å². The van der Waals surface area contributed by atoms with E-state index in [9.17, 15) is 9.59 Å². The van der Waals surface area contributed by atoms with Crippen LogP contribution in [0.15, 0.2) is 48.5 Å². The van der Waals surface area contributed by atoms with E-state index in [1.165, 1.54) is 27.2 Å². The van der Waals surface area contributed by atoms with Crippen molar-refractivity contribution in [1.29, 1.82) is 0 Å². The van der Waals surface area contributed by atoms with E-state index in [-0.39, 0.29) is 17.7 Å². The maximum absolute atomic E-state index is 11.9. The molecule has 2 amide bonds. The van der Waals surface area contributed by atoms with E-state index >= 15 is 0 Å². The highest BCUT2D eigenvalue weighted by atomic mass is 16.2. The van der Waals surface area contributed by atoms with Crippen LogP contribution in [0.25, 0.3) is 11.1 Å². The molecule has 1 heterocycles. The molecule has 1 fully saturated rings. The highest BCUT2D eigenvalue weighted by Gasteiger charge is 2.35. The Morgan fingerprint density at radius 2 is 1.29 bits per heavy atom. The molecule has 3 heteroatoms. The van der Waals surface area contributed by atoms with Crippen molar-refractivity contribution in [3.63, 3.8) is 0 Å². The minimum atomic E-state index is -0.0399. The minimum Gasteiger partial charge on any atom is -0.282 e. The van der Waals surface area contributed by atoms with E-state index in [1.807, 2.05) is 24.3 Å². The number of rotatable bonds is 2. The van der Waals surface area contributed by atoms with Gasteiger partial charge >= 0.3 is 0 Å². The maximum Gasteiger partial charge on any atom is 0.229 e. The first kappa shape index (κ1) is 12.3. The molecular formula is C18H15NO2. The van der Waals surface area contributed by atoms with Gasteiger partial charge in [0.05, 0.1) is 0 Å². The summed E-state index contributed by atoms with van der Waals surface area (Å²) in [7, 11) is 0. The van der Waals surface area contributed by atoms with Crippen LogP contribution in [0.1, 0.15) is 29.9 Å². The first-order chi connectivity index (χ1) is 10.3. The Morgan fingerprint density at radius 1 is 0.810 bits per heavy atom. The van der Waals surface area contributed by atoms with Gasteiger partial charge in [0.2, 0.25) is 11.8 Å². The van der Waals surface area contributed by atoms with Crippen molar-refractivity contribution < 1.29 is 9.59 Å². The zero-order valence-electron chi connectivity index (χ0n) is 11.6. The third-order valence-corrected chi connectivity index (χ3v) is 4.48. The molecule has 0 spiro atoms. The van der Waals surface area contributed by atoms with Crippen molar-refractivity contribution in [3.8, 4) is 11.1 Å². The van der Waals surface area contributed by atoms with Gasteiger partial charge in [-0.25, -0.2) is 0 Å². The summed E-state index contributed by atoms with van der Waals surface area (Å²) in [6.07, 6.45) is 0.712. The summed E-state index contributed by atoms with van der Waals surface area (Å²) in [4.78, 5) is 25.2. The summed E-state index contributed by atoms with van der Waals surface area (Å²) in [5.74, 6) is 0.0205. The SMILES string of the molecule is O=C1CCC(=O)N1CC1c2ccccc2-c2ccccc21. The Morgan fingerprint density at radius 3 is 1.81 bits per heavy atom. The number of carbonyl (C=O) groups is 2. The first-order valence-corrected chi connectivity index (χ1v) is 7.27. The average Bonchev–Trinajstić information content (AvgIpc) is 3.01. The second kappa shape index (κ2) is 4.55. The standard InChI is InChI=1S/C18H15NO2/c20-17-9-10-18(21)19(17)11-16-14-7-3-1-5-12(14)13-6-2-4-8-15(13)16/h1-8,16H,9-11H2. The largest absolute Gasteiger partial charge is 0.282 e. The fourth-order valence-corrected chi connectivity index (χ4v) is 3.47. The van der Waals surface area contributed by atoms with Gasteiger partial charge in [-0.05, 0) is 22.3 Å². The monoisotopic (exact) mass is 277 g/mol. The lowest BCUT2D eigenvalue weighted by Crippen LogP contribution is -2.33. The van der Waals surface area contributed by atoms with Gasteiger partial charge in [-0.3, -0.25) is 14.5 Å². The molecule has 1 aliphatic heterocycles. The summed E-state index contributed by atoms with van der Waals surface area (Å²) in [6, 6.07) is 16.5. The maximum atomic E-state index is 11.9. The molecule has 0 unspecified atom stereocenters. The highest BCUT2D eigenvalue weighted by molar-refractivity contribution is 6.02. The molecule has 104 valence electrons. The summed E-state index contributed by atoms with van der Waals surface area (Å²) in [5.41, 5.74) is 4.87. The molecule has 2 aromatic carbocycles. The first-order valence-electron chi connectivity index (χ1n) is 7.27. The molecule has 0 N–H and O–H groups in total. The molecule has 1 aliphatic carbocycles. The van der Waals surface area contributed by atoms with Gasteiger partial charge in [0, 0.05) is 25.3 Å². The van der Waals surface area contributed by atoms with Gasteiger partial charge in [0.25, 0.3) is 0 Å². The lowest BCUT2D eigenvalue weighted by Gasteiger charge is -2.20. The zero-order valence-corrected chi connectivity index (χ0v) is 11.6. The highest BCUT2D eigenvalue weighted by Crippen LogP contribution is 2.45. The van der Waals surface area contributed by atoms with Crippen molar-refractivity contribution >= 4 is 11.8 Å². The molecule has 0 saturated carbocycles. The second-order valence-corrected chi connectivity index (χ2v) is 5.63. The quantitative estimate of drug-likeness (QED) is 0.791. The Labute approximate surface area is 123 Å². The molecule has 0 radical (unpaired) electrons. The summed E-state index contributed by atoms with van der Waals surface area (Å²) in [6.45, 7) is 0.464. The Balaban J connectivity index is 1.78. The number of hydrogen-bond donors (Lipinski definition) is 0. The third-order valence-electron chi connectivity index (χ3n) is 4.48. The van der Waals surface area contributed by atoms with Crippen LogP contribution in [0.3, 0.4) is 0 Å². The van der Waals surface area contributed by atoms with E-state index in [2.05, 4.69) is 24.3 Å². The van der Waals surface area contributed by atoms with Crippen molar-refractivity contribution in [1.82, 2.24) is 4.90 Å². The molecule has 0 atom stereocenters. The summed E-state index contributed by atoms with van der Waals surface area (Å²) in [5, 5.41) is 0. The van der Waals surface area contributed by atoms with Crippen molar-refractivity contribution in [2.75, 3.05) is 6.54 Å². The second-order valence-electron chi connectivity index (χ2n) is 5.63. The van der Waals surface area contributed by atoms with Gasteiger partial charge < -0.3 is 0 Å². The van der Waals surface area contributed by atoms with Gasteiger partial charge in [-0.1, -0.05) is 48.5 Å².